The number of hydrogen-bond acceptors (Lipinski definition) is 7. The van der Waals surface area contributed by atoms with Crippen molar-refractivity contribution in [2.75, 3.05) is 12.4 Å². The second-order valence-corrected chi connectivity index (χ2v) is 12.2. The number of nitrogens with one attached hydrogen (secondary N) is 3. The molecule has 0 aromatic carbocycles. The molecule has 0 spiro atoms. The number of pyridine rings is 1. The Labute approximate surface area is 245 Å². The Hall–Kier alpha value is -3.15. The van der Waals surface area contributed by atoms with Gasteiger partial charge in [-0.2, -0.15) is 0 Å². The monoisotopic (exact) mass is 608 g/mol. The number of anilines is 1. The van der Waals surface area contributed by atoms with Crippen LogP contribution in [-0.2, 0) is 25.7 Å². The van der Waals surface area contributed by atoms with Crippen LogP contribution in [0.4, 0.5) is 5.69 Å². The van der Waals surface area contributed by atoms with Gasteiger partial charge in [0.15, 0.2) is 0 Å². The first-order valence-electron chi connectivity index (χ1n) is 12.9. The van der Waals surface area contributed by atoms with Gasteiger partial charge in [0.1, 0.15) is 22.6 Å². The van der Waals surface area contributed by atoms with Gasteiger partial charge in [-0.05, 0) is 62.1 Å². The minimum atomic E-state index is -1.08. The first-order chi connectivity index (χ1) is 19.1. The van der Waals surface area contributed by atoms with Crippen molar-refractivity contribution in [3.8, 4) is 0 Å². The summed E-state index contributed by atoms with van der Waals surface area (Å²) in [4.78, 5) is 63.2. The lowest BCUT2D eigenvalue weighted by Crippen LogP contribution is -2.45. The Morgan fingerprint density at radius 2 is 2.02 bits per heavy atom. The van der Waals surface area contributed by atoms with E-state index in [9.17, 15) is 24.0 Å². The Balaban J connectivity index is 1.43. The fourth-order valence-corrected chi connectivity index (χ4v) is 6.77. The van der Waals surface area contributed by atoms with Crippen LogP contribution in [0, 0.1) is 11.8 Å². The van der Waals surface area contributed by atoms with Gasteiger partial charge in [0.05, 0.1) is 17.0 Å². The van der Waals surface area contributed by atoms with E-state index in [0.717, 1.165) is 30.6 Å². The molecule has 0 radical (unpaired) electrons. The number of nitrogens with zero attached hydrogens (tertiary/aromatic N) is 1. The molecule has 3 N–H and O–H groups in total. The molecule has 4 atom stereocenters. The molecule has 2 saturated carbocycles. The molecule has 4 rings (SSSR count). The summed E-state index contributed by atoms with van der Waals surface area (Å²) in [7, 11) is 1.24. The number of amides is 3. The number of carbonyl (C=O) groups is 4. The molecule has 3 amide bonds. The third-order valence-corrected chi connectivity index (χ3v) is 8.76. The fraction of sp³-hybridized carbons (Fsp3) is 0.444. The van der Waals surface area contributed by atoms with E-state index < -0.39 is 29.4 Å². The normalized spacial score (nSPS) is 20.3. The van der Waals surface area contributed by atoms with Crippen molar-refractivity contribution < 1.29 is 23.9 Å². The molecule has 2 fully saturated rings. The van der Waals surface area contributed by atoms with Crippen molar-refractivity contribution in [2.45, 2.75) is 57.2 Å². The summed E-state index contributed by atoms with van der Waals surface area (Å²) in [5.41, 5.74) is -0.480. The number of allylic oxidation sites excluding steroid dienone is 1. The van der Waals surface area contributed by atoms with Crippen molar-refractivity contribution >= 4 is 63.9 Å². The van der Waals surface area contributed by atoms with Gasteiger partial charge in [-0.3, -0.25) is 19.2 Å². The minimum absolute atomic E-state index is 0.0406. The molecular formula is C27H30Cl2N4O6S. The van der Waals surface area contributed by atoms with E-state index in [-0.39, 0.29) is 46.9 Å². The van der Waals surface area contributed by atoms with Crippen LogP contribution in [0.25, 0.3) is 0 Å². The molecule has 2 heterocycles. The molecule has 0 saturated heterocycles. The zero-order valence-corrected chi connectivity index (χ0v) is 24.1. The van der Waals surface area contributed by atoms with Crippen LogP contribution in [-0.4, -0.2) is 47.5 Å². The molecule has 13 heteroatoms. The SMILES string of the molecule is COC(=O)/C=C/CC[C@H](NC(=O)c1cc(Cl)sc1Cl)C(=O)Nc1cccn(CC(=O)N[C@@H]2C[C@@H]3CC[C@H]2C3)c1=O. The lowest BCUT2D eigenvalue weighted by Gasteiger charge is -2.23. The third-order valence-electron chi connectivity index (χ3n) is 7.28. The molecular weight excluding hydrogens is 579 g/mol. The molecule has 10 nitrogen and oxygen atoms in total. The molecule has 214 valence electrons. The largest absolute Gasteiger partial charge is 0.466 e. The number of aromatic nitrogens is 1. The lowest BCUT2D eigenvalue weighted by atomic mass is 9.95. The Kier molecular flexibility index (Phi) is 10.0. The summed E-state index contributed by atoms with van der Waals surface area (Å²) < 4.78 is 6.27. The maximum atomic E-state index is 13.2. The Morgan fingerprint density at radius 3 is 2.67 bits per heavy atom. The Bertz CT molecular complexity index is 1370. The summed E-state index contributed by atoms with van der Waals surface area (Å²) in [5, 5.41) is 8.24. The minimum Gasteiger partial charge on any atom is -0.466 e. The number of hydrogen-bond donors (Lipinski definition) is 3. The first-order valence-corrected chi connectivity index (χ1v) is 14.5. The van der Waals surface area contributed by atoms with E-state index >= 15 is 0 Å². The van der Waals surface area contributed by atoms with E-state index in [0.29, 0.717) is 16.2 Å². The second kappa shape index (κ2) is 13.5. The molecule has 2 bridgehead atoms. The van der Waals surface area contributed by atoms with Crippen LogP contribution in [0.3, 0.4) is 0 Å². The van der Waals surface area contributed by atoms with Crippen LogP contribution < -0.4 is 21.5 Å². The van der Waals surface area contributed by atoms with Gasteiger partial charge in [0.25, 0.3) is 11.5 Å². The van der Waals surface area contributed by atoms with Gasteiger partial charge < -0.3 is 25.3 Å². The van der Waals surface area contributed by atoms with Crippen LogP contribution >= 0.6 is 34.5 Å². The number of halogens is 2. The quantitative estimate of drug-likeness (QED) is 0.262. The van der Waals surface area contributed by atoms with Crippen molar-refractivity contribution in [3.63, 3.8) is 0 Å². The molecule has 2 aliphatic carbocycles. The number of ether oxygens (including phenoxy) is 1. The average molecular weight is 610 g/mol. The molecule has 2 aromatic heterocycles. The highest BCUT2D eigenvalue weighted by Crippen LogP contribution is 2.44. The summed E-state index contributed by atoms with van der Waals surface area (Å²) in [6.07, 6.45) is 9.02. The maximum absolute atomic E-state index is 13.2. The Morgan fingerprint density at radius 1 is 1.23 bits per heavy atom. The average Bonchev–Trinajstić information content (AvgIpc) is 3.63. The maximum Gasteiger partial charge on any atom is 0.330 e. The van der Waals surface area contributed by atoms with E-state index in [1.807, 2.05) is 0 Å². The molecule has 0 unspecified atom stereocenters. The summed E-state index contributed by atoms with van der Waals surface area (Å²) in [5.74, 6) is -0.901. The topological polar surface area (TPSA) is 136 Å². The molecule has 0 aliphatic heterocycles. The highest BCUT2D eigenvalue weighted by molar-refractivity contribution is 7.20. The van der Waals surface area contributed by atoms with Crippen molar-refractivity contribution in [1.29, 1.82) is 0 Å². The highest BCUT2D eigenvalue weighted by Gasteiger charge is 2.40. The fourth-order valence-electron chi connectivity index (χ4n) is 5.32. The predicted octanol–water partition coefficient (Wildman–Crippen LogP) is 3.77. The van der Waals surface area contributed by atoms with Crippen LogP contribution in [0.5, 0.6) is 0 Å². The van der Waals surface area contributed by atoms with Gasteiger partial charge in [-0.15, -0.1) is 11.3 Å². The zero-order chi connectivity index (χ0) is 28.8. The summed E-state index contributed by atoms with van der Waals surface area (Å²) >= 11 is 13.1. The van der Waals surface area contributed by atoms with Gasteiger partial charge in [0.2, 0.25) is 11.8 Å². The molecule has 40 heavy (non-hydrogen) atoms. The molecule has 2 aliphatic rings. The predicted molar refractivity (Wildman–Crippen MR) is 153 cm³/mol. The van der Waals surface area contributed by atoms with E-state index in [1.165, 1.54) is 48.6 Å². The number of fused-ring (bicyclic) bond motifs is 2. The van der Waals surface area contributed by atoms with E-state index in [2.05, 4.69) is 20.7 Å². The highest BCUT2D eigenvalue weighted by atomic mass is 35.5. The van der Waals surface area contributed by atoms with Gasteiger partial charge >= 0.3 is 5.97 Å². The van der Waals surface area contributed by atoms with Gasteiger partial charge in [-0.25, -0.2) is 4.79 Å². The van der Waals surface area contributed by atoms with Crippen LogP contribution in [0.2, 0.25) is 8.67 Å². The van der Waals surface area contributed by atoms with Crippen molar-refractivity contribution in [2.24, 2.45) is 11.8 Å². The number of thiophene rings is 1. The standard InChI is InChI=1S/C27H30Cl2N4O6S/c1-39-23(35)7-3-2-5-18(31-25(36)17-13-21(28)40-24(17)29)26(37)32-19-6-4-10-33(27(19)38)14-22(34)30-20-12-15-8-9-16(20)11-15/h3-4,6-7,10,13,15-16,18,20H,2,5,8-9,11-12,14H2,1H3,(H,30,34)(H,31,36)(H,32,37)/b7-3+/t15-,16+,18+,20-/m1/s1. The van der Waals surface area contributed by atoms with Crippen molar-refractivity contribution in [3.05, 3.63) is 61.1 Å². The molecule has 2 aromatic rings. The second-order valence-electron chi connectivity index (χ2n) is 9.96. The smallest absolute Gasteiger partial charge is 0.330 e. The summed E-state index contributed by atoms with van der Waals surface area (Å²) in [6.45, 7) is -0.174. The number of methoxy groups -OCH3 is 1. The van der Waals surface area contributed by atoms with Crippen molar-refractivity contribution in [1.82, 2.24) is 15.2 Å². The first kappa shape index (κ1) is 29.8. The lowest BCUT2D eigenvalue weighted by molar-refractivity contribution is -0.134. The number of carbonyl (C=O) groups excluding carboxylic acids is 4. The summed E-state index contributed by atoms with van der Waals surface area (Å²) in [6, 6.07) is 3.44. The van der Waals surface area contributed by atoms with Gasteiger partial charge in [0, 0.05) is 18.3 Å². The third kappa shape index (κ3) is 7.52. The number of esters is 1. The van der Waals surface area contributed by atoms with E-state index in [1.54, 1.807) is 6.07 Å². The van der Waals surface area contributed by atoms with E-state index in [4.69, 9.17) is 23.2 Å². The van der Waals surface area contributed by atoms with Crippen LogP contribution in [0.1, 0.15) is 48.9 Å². The van der Waals surface area contributed by atoms with Gasteiger partial charge in [-0.1, -0.05) is 35.7 Å². The number of rotatable bonds is 11. The van der Waals surface area contributed by atoms with Crippen LogP contribution in [0.15, 0.2) is 41.3 Å². The zero-order valence-electron chi connectivity index (χ0n) is 21.8.